The van der Waals surface area contributed by atoms with Gasteiger partial charge in [0.1, 0.15) is 22.9 Å². The molecule has 3 saturated heterocycles. The van der Waals surface area contributed by atoms with Gasteiger partial charge < -0.3 is 35.3 Å². The average molecular weight is 487 g/mol. The number of piperidine rings is 1. The molecule has 0 aliphatic carbocycles. The highest BCUT2D eigenvalue weighted by molar-refractivity contribution is 7.99. The number of nitrogens with one attached hydrogen (secondary N) is 1. The lowest BCUT2D eigenvalue weighted by Gasteiger charge is -2.45. The second-order valence-corrected chi connectivity index (χ2v) is 10.9. The minimum absolute atomic E-state index is 0.0389. The Labute approximate surface area is 202 Å². The van der Waals surface area contributed by atoms with Crippen molar-refractivity contribution in [1.82, 2.24) is 15.0 Å². The van der Waals surface area contributed by atoms with Gasteiger partial charge in [-0.15, -0.1) is 0 Å². The monoisotopic (exact) mass is 486 g/mol. The van der Waals surface area contributed by atoms with Crippen molar-refractivity contribution in [2.24, 2.45) is 11.1 Å². The Morgan fingerprint density at radius 1 is 1.24 bits per heavy atom. The maximum absolute atomic E-state index is 10.1. The SMILES string of the molecule is C[C@@H]1OCC2(CCN(c3ncc(Sc4ccnc5c4OCC4(COC4)N5)nc3CO)CC2)[C@@H]1N. The van der Waals surface area contributed by atoms with Crippen LogP contribution >= 0.6 is 11.8 Å². The van der Waals surface area contributed by atoms with Crippen molar-refractivity contribution >= 4 is 23.4 Å². The predicted molar refractivity (Wildman–Crippen MR) is 126 cm³/mol. The summed E-state index contributed by atoms with van der Waals surface area (Å²) in [6.45, 7) is 6.02. The molecule has 0 unspecified atom stereocenters. The first-order chi connectivity index (χ1) is 16.5. The molecule has 2 atom stereocenters. The van der Waals surface area contributed by atoms with Gasteiger partial charge in [0.05, 0.1) is 43.6 Å². The average Bonchev–Trinajstić information content (AvgIpc) is 3.12. The third-order valence-corrected chi connectivity index (χ3v) is 8.52. The number of ether oxygens (including phenoxy) is 3. The van der Waals surface area contributed by atoms with Crippen LogP contribution in [0, 0.1) is 5.41 Å². The summed E-state index contributed by atoms with van der Waals surface area (Å²) in [5.41, 5.74) is 6.90. The Kier molecular flexibility index (Phi) is 5.57. The van der Waals surface area contributed by atoms with Gasteiger partial charge in [-0.25, -0.2) is 15.0 Å². The van der Waals surface area contributed by atoms with Gasteiger partial charge in [-0.2, -0.15) is 0 Å². The molecule has 34 heavy (non-hydrogen) atoms. The summed E-state index contributed by atoms with van der Waals surface area (Å²) in [5, 5.41) is 14.2. The predicted octanol–water partition coefficient (Wildman–Crippen LogP) is 1.42. The maximum atomic E-state index is 10.1. The Balaban J connectivity index is 1.18. The fourth-order valence-corrected chi connectivity index (χ4v) is 6.18. The molecule has 4 aliphatic rings. The fourth-order valence-electron chi connectivity index (χ4n) is 5.31. The number of aromatic nitrogens is 3. The van der Waals surface area contributed by atoms with Crippen LogP contribution < -0.4 is 20.7 Å². The van der Waals surface area contributed by atoms with Crippen molar-refractivity contribution in [3.8, 4) is 5.75 Å². The van der Waals surface area contributed by atoms with Gasteiger partial charge in [-0.05, 0) is 25.8 Å². The molecule has 2 spiro atoms. The van der Waals surface area contributed by atoms with Gasteiger partial charge in [-0.1, -0.05) is 11.8 Å². The standard InChI is InChI=1S/C23H30N6O4S/c1-14-19(24)22(10-32-14)3-6-29(7-4-22)21-15(9-30)27-17(8-26-21)34-16-2-5-25-20-18(16)33-13-23(28-20)11-31-12-23/h2,5,8,14,19,30H,3-4,6-7,9-13,24H2,1H3,(H,25,28)/t14-,19+/m0/s1. The van der Waals surface area contributed by atoms with Gasteiger partial charge in [0.25, 0.3) is 0 Å². The van der Waals surface area contributed by atoms with Crippen molar-refractivity contribution in [3.63, 3.8) is 0 Å². The zero-order valence-corrected chi connectivity index (χ0v) is 20.0. The lowest BCUT2D eigenvalue weighted by atomic mass is 9.73. The van der Waals surface area contributed by atoms with Crippen LogP contribution in [0.15, 0.2) is 28.4 Å². The molecule has 3 fully saturated rings. The van der Waals surface area contributed by atoms with Crippen molar-refractivity contribution in [2.45, 2.75) is 54.0 Å². The molecule has 10 nitrogen and oxygen atoms in total. The summed E-state index contributed by atoms with van der Waals surface area (Å²) in [6.07, 6.45) is 5.51. The first-order valence-corrected chi connectivity index (χ1v) is 12.6. The summed E-state index contributed by atoms with van der Waals surface area (Å²) in [5.74, 6) is 2.17. The Morgan fingerprint density at radius 3 is 2.74 bits per heavy atom. The second kappa shape index (κ2) is 8.49. The number of hydrogen-bond acceptors (Lipinski definition) is 11. The molecule has 6 heterocycles. The molecule has 2 aromatic rings. The number of anilines is 2. The zero-order valence-electron chi connectivity index (χ0n) is 19.2. The van der Waals surface area contributed by atoms with E-state index in [-0.39, 0.29) is 29.7 Å². The summed E-state index contributed by atoms with van der Waals surface area (Å²) >= 11 is 1.46. The summed E-state index contributed by atoms with van der Waals surface area (Å²) in [6, 6.07) is 1.97. The minimum atomic E-state index is -0.174. The van der Waals surface area contributed by atoms with E-state index in [0.29, 0.717) is 36.3 Å². The number of aliphatic hydroxyl groups is 1. The number of pyridine rings is 1. The number of rotatable bonds is 4. The lowest BCUT2D eigenvalue weighted by Crippen LogP contribution is -2.61. The zero-order chi connectivity index (χ0) is 23.3. The van der Waals surface area contributed by atoms with E-state index < -0.39 is 0 Å². The van der Waals surface area contributed by atoms with Crippen LogP contribution in [0.2, 0.25) is 0 Å². The summed E-state index contributed by atoms with van der Waals surface area (Å²) in [4.78, 5) is 17.0. The third-order valence-electron chi connectivity index (χ3n) is 7.57. The molecule has 0 bridgehead atoms. The van der Waals surface area contributed by atoms with Gasteiger partial charge in [0.2, 0.25) is 0 Å². The van der Waals surface area contributed by atoms with Crippen molar-refractivity contribution in [3.05, 3.63) is 24.2 Å². The highest BCUT2D eigenvalue weighted by atomic mass is 32.2. The van der Waals surface area contributed by atoms with Gasteiger partial charge in [0, 0.05) is 30.7 Å². The van der Waals surface area contributed by atoms with E-state index in [2.05, 4.69) is 22.1 Å². The quantitative estimate of drug-likeness (QED) is 0.580. The molecule has 0 radical (unpaired) electrons. The van der Waals surface area contributed by atoms with E-state index in [0.717, 1.165) is 49.1 Å². The summed E-state index contributed by atoms with van der Waals surface area (Å²) < 4.78 is 17.3. The molecular weight excluding hydrogens is 456 g/mol. The number of hydrogen-bond donors (Lipinski definition) is 3. The molecule has 4 N–H and O–H groups in total. The van der Waals surface area contributed by atoms with Gasteiger partial charge in [-0.3, -0.25) is 0 Å². The number of nitrogens with two attached hydrogens (primary N) is 1. The van der Waals surface area contributed by atoms with Gasteiger partial charge >= 0.3 is 0 Å². The Bertz CT molecular complexity index is 1080. The third kappa shape index (κ3) is 3.70. The molecule has 11 heteroatoms. The van der Waals surface area contributed by atoms with Crippen LogP contribution in [0.25, 0.3) is 0 Å². The van der Waals surface area contributed by atoms with Crippen LogP contribution in [0.5, 0.6) is 5.75 Å². The molecular formula is C23H30N6O4S. The molecule has 0 amide bonds. The van der Waals surface area contributed by atoms with Crippen molar-refractivity contribution in [1.29, 1.82) is 0 Å². The van der Waals surface area contributed by atoms with Gasteiger partial charge in [0.15, 0.2) is 17.4 Å². The first kappa shape index (κ1) is 22.3. The highest BCUT2D eigenvalue weighted by Crippen LogP contribution is 2.44. The normalized spacial score (nSPS) is 26.6. The van der Waals surface area contributed by atoms with E-state index in [1.54, 1.807) is 12.4 Å². The molecule has 6 rings (SSSR count). The topological polar surface area (TPSA) is 128 Å². The van der Waals surface area contributed by atoms with E-state index in [1.807, 2.05) is 6.07 Å². The van der Waals surface area contributed by atoms with E-state index in [1.165, 1.54) is 11.8 Å². The largest absolute Gasteiger partial charge is 0.486 e. The van der Waals surface area contributed by atoms with E-state index >= 15 is 0 Å². The van der Waals surface area contributed by atoms with Crippen LogP contribution in [0.1, 0.15) is 25.5 Å². The number of fused-ring (bicyclic) bond motifs is 1. The molecule has 0 saturated carbocycles. The van der Waals surface area contributed by atoms with Crippen LogP contribution in [0.4, 0.5) is 11.6 Å². The van der Waals surface area contributed by atoms with Crippen molar-refractivity contribution in [2.75, 3.05) is 49.7 Å². The van der Waals surface area contributed by atoms with Crippen LogP contribution in [-0.2, 0) is 16.1 Å². The highest BCUT2D eigenvalue weighted by Gasteiger charge is 2.48. The number of nitrogens with zero attached hydrogens (tertiary/aromatic N) is 4. The maximum Gasteiger partial charge on any atom is 0.175 e. The molecule has 182 valence electrons. The smallest absolute Gasteiger partial charge is 0.175 e. The minimum Gasteiger partial charge on any atom is -0.486 e. The summed E-state index contributed by atoms with van der Waals surface area (Å²) in [7, 11) is 0. The Morgan fingerprint density at radius 2 is 2.06 bits per heavy atom. The fraction of sp³-hybridized carbons (Fsp3) is 0.609. The van der Waals surface area contributed by atoms with E-state index in [9.17, 15) is 5.11 Å². The first-order valence-electron chi connectivity index (χ1n) is 11.8. The van der Waals surface area contributed by atoms with Crippen LogP contribution in [0.3, 0.4) is 0 Å². The molecule has 2 aromatic heterocycles. The van der Waals surface area contributed by atoms with E-state index in [4.69, 9.17) is 29.9 Å². The van der Waals surface area contributed by atoms with Crippen LogP contribution in [-0.4, -0.2) is 77.3 Å². The van der Waals surface area contributed by atoms with Crippen molar-refractivity contribution < 1.29 is 19.3 Å². The Hall–Kier alpha value is -2.18. The number of aliphatic hydroxyl groups excluding tert-OH is 1. The molecule has 4 aliphatic heterocycles. The second-order valence-electron chi connectivity index (χ2n) is 9.80. The molecule has 0 aromatic carbocycles. The lowest BCUT2D eigenvalue weighted by molar-refractivity contribution is -0.0652.